The normalized spacial score (nSPS) is 11.8. The number of nitrogens with one attached hydrogen (secondary N) is 1. The van der Waals surface area contributed by atoms with Crippen LogP contribution < -0.4 is 14.8 Å². The van der Waals surface area contributed by atoms with Crippen molar-refractivity contribution in [2.45, 2.75) is 19.9 Å². The minimum atomic E-state index is -0.196. The van der Waals surface area contributed by atoms with E-state index < -0.39 is 0 Å². The highest BCUT2D eigenvalue weighted by Crippen LogP contribution is 2.32. The van der Waals surface area contributed by atoms with Gasteiger partial charge in [0.1, 0.15) is 5.88 Å². The molecule has 0 heterocycles. The number of amides is 1. The SMILES string of the molecule is COc1cc(C)c([C@H](C)NC(=O)CCl)cc1OC. The molecule has 0 spiro atoms. The Hall–Kier alpha value is -1.42. The largest absolute Gasteiger partial charge is 0.493 e. The number of ether oxygens (including phenoxy) is 2. The molecule has 0 radical (unpaired) electrons. The maximum Gasteiger partial charge on any atom is 0.235 e. The minimum absolute atomic E-state index is 0.0450. The standard InChI is InChI=1S/C13H18ClNO3/c1-8-5-11(17-3)12(18-4)6-10(8)9(2)15-13(16)7-14/h5-6,9H,7H2,1-4H3,(H,15,16)/t9-/m0/s1. The zero-order valence-electron chi connectivity index (χ0n) is 11.0. The van der Waals surface area contributed by atoms with Gasteiger partial charge in [0.2, 0.25) is 5.91 Å². The molecule has 1 aromatic rings. The molecule has 100 valence electrons. The lowest BCUT2D eigenvalue weighted by Gasteiger charge is -2.18. The van der Waals surface area contributed by atoms with E-state index in [1.54, 1.807) is 14.2 Å². The highest BCUT2D eigenvalue weighted by molar-refractivity contribution is 6.27. The van der Waals surface area contributed by atoms with E-state index in [9.17, 15) is 4.79 Å². The zero-order chi connectivity index (χ0) is 13.7. The molecule has 1 amide bonds. The predicted octanol–water partition coefficient (Wildman–Crippen LogP) is 2.43. The van der Waals surface area contributed by atoms with E-state index in [1.807, 2.05) is 26.0 Å². The van der Waals surface area contributed by atoms with Crippen LogP contribution in [-0.2, 0) is 4.79 Å². The summed E-state index contributed by atoms with van der Waals surface area (Å²) in [5.74, 6) is 1.08. The summed E-state index contributed by atoms with van der Waals surface area (Å²) in [6.07, 6.45) is 0. The van der Waals surface area contributed by atoms with Gasteiger partial charge in [-0.25, -0.2) is 0 Å². The topological polar surface area (TPSA) is 47.6 Å². The van der Waals surface area contributed by atoms with E-state index in [-0.39, 0.29) is 17.8 Å². The second-order valence-corrected chi connectivity index (χ2v) is 4.25. The van der Waals surface area contributed by atoms with Crippen molar-refractivity contribution in [1.82, 2.24) is 5.32 Å². The Morgan fingerprint density at radius 3 is 2.39 bits per heavy atom. The summed E-state index contributed by atoms with van der Waals surface area (Å²) in [7, 11) is 3.18. The second kappa shape index (κ2) is 6.50. The zero-order valence-corrected chi connectivity index (χ0v) is 11.8. The summed E-state index contributed by atoms with van der Waals surface area (Å²) < 4.78 is 10.5. The summed E-state index contributed by atoms with van der Waals surface area (Å²) in [6.45, 7) is 3.86. The molecule has 0 saturated carbocycles. The number of alkyl halides is 1. The van der Waals surface area contributed by atoms with Gasteiger partial charge in [-0.15, -0.1) is 11.6 Å². The number of rotatable bonds is 5. The van der Waals surface area contributed by atoms with Crippen molar-refractivity contribution in [3.05, 3.63) is 23.3 Å². The van der Waals surface area contributed by atoms with E-state index in [4.69, 9.17) is 21.1 Å². The summed E-state index contributed by atoms with van der Waals surface area (Å²) in [4.78, 5) is 11.3. The molecule has 0 unspecified atom stereocenters. The van der Waals surface area contributed by atoms with Gasteiger partial charge in [-0.3, -0.25) is 4.79 Å². The van der Waals surface area contributed by atoms with E-state index >= 15 is 0 Å². The first-order valence-corrected chi connectivity index (χ1v) is 6.14. The lowest BCUT2D eigenvalue weighted by Crippen LogP contribution is -2.28. The molecule has 0 aromatic heterocycles. The average molecular weight is 272 g/mol. The first-order chi connectivity index (χ1) is 8.53. The molecule has 0 aliphatic heterocycles. The first kappa shape index (κ1) is 14.6. The van der Waals surface area contributed by atoms with Crippen molar-refractivity contribution in [1.29, 1.82) is 0 Å². The molecular weight excluding hydrogens is 254 g/mol. The van der Waals surface area contributed by atoms with Crippen molar-refractivity contribution in [2.75, 3.05) is 20.1 Å². The monoisotopic (exact) mass is 271 g/mol. The van der Waals surface area contributed by atoms with Crippen LogP contribution in [0.3, 0.4) is 0 Å². The van der Waals surface area contributed by atoms with Gasteiger partial charge in [0.05, 0.1) is 20.3 Å². The van der Waals surface area contributed by atoms with Crippen LogP contribution in [0.15, 0.2) is 12.1 Å². The van der Waals surface area contributed by atoms with Crippen molar-refractivity contribution in [3.8, 4) is 11.5 Å². The van der Waals surface area contributed by atoms with Crippen LogP contribution in [0, 0.1) is 6.92 Å². The van der Waals surface area contributed by atoms with Crippen molar-refractivity contribution in [3.63, 3.8) is 0 Å². The molecule has 1 N–H and O–H groups in total. The summed E-state index contributed by atoms with van der Waals surface area (Å²) >= 11 is 5.47. The van der Waals surface area contributed by atoms with E-state index in [2.05, 4.69) is 5.32 Å². The van der Waals surface area contributed by atoms with Crippen LogP contribution in [-0.4, -0.2) is 26.0 Å². The summed E-state index contributed by atoms with van der Waals surface area (Å²) in [5, 5.41) is 2.81. The van der Waals surface area contributed by atoms with Gasteiger partial charge in [0.15, 0.2) is 11.5 Å². The van der Waals surface area contributed by atoms with Gasteiger partial charge < -0.3 is 14.8 Å². The van der Waals surface area contributed by atoms with Crippen molar-refractivity contribution in [2.24, 2.45) is 0 Å². The Labute approximate surface area is 112 Å². The highest BCUT2D eigenvalue weighted by atomic mass is 35.5. The van der Waals surface area contributed by atoms with E-state index in [0.717, 1.165) is 11.1 Å². The highest BCUT2D eigenvalue weighted by Gasteiger charge is 2.15. The van der Waals surface area contributed by atoms with Crippen LogP contribution in [0.2, 0.25) is 0 Å². The molecule has 0 bridgehead atoms. The average Bonchev–Trinajstić information content (AvgIpc) is 2.37. The number of hydrogen-bond donors (Lipinski definition) is 1. The van der Waals surface area contributed by atoms with Crippen LogP contribution in [0.25, 0.3) is 0 Å². The number of methoxy groups -OCH3 is 2. The maximum atomic E-state index is 11.3. The molecule has 0 aliphatic rings. The van der Waals surface area contributed by atoms with Gasteiger partial charge in [0, 0.05) is 0 Å². The first-order valence-electron chi connectivity index (χ1n) is 5.61. The third kappa shape index (κ3) is 3.29. The quantitative estimate of drug-likeness (QED) is 0.837. The van der Waals surface area contributed by atoms with Gasteiger partial charge in [-0.1, -0.05) is 0 Å². The Bertz CT molecular complexity index is 434. The summed E-state index contributed by atoms with van der Waals surface area (Å²) in [5.41, 5.74) is 2.00. The molecule has 5 heteroatoms. The number of carbonyl (C=O) groups is 1. The van der Waals surface area contributed by atoms with Gasteiger partial charge in [0.25, 0.3) is 0 Å². The van der Waals surface area contributed by atoms with Crippen LogP contribution in [0.5, 0.6) is 11.5 Å². The van der Waals surface area contributed by atoms with Gasteiger partial charge >= 0.3 is 0 Å². The molecule has 4 nitrogen and oxygen atoms in total. The van der Waals surface area contributed by atoms with Crippen LogP contribution in [0.1, 0.15) is 24.1 Å². The van der Waals surface area contributed by atoms with E-state index in [1.165, 1.54) is 0 Å². The van der Waals surface area contributed by atoms with E-state index in [0.29, 0.717) is 11.5 Å². The van der Waals surface area contributed by atoms with Crippen molar-refractivity contribution < 1.29 is 14.3 Å². The predicted molar refractivity (Wildman–Crippen MR) is 71.6 cm³/mol. The second-order valence-electron chi connectivity index (χ2n) is 3.99. The van der Waals surface area contributed by atoms with Gasteiger partial charge in [-0.2, -0.15) is 0 Å². The molecule has 0 fully saturated rings. The van der Waals surface area contributed by atoms with Gasteiger partial charge in [-0.05, 0) is 37.1 Å². The lowest BCUT2D eigenvalue weighted by atomic mass is 10.0. The number of halogens is 1. The maximum absolute atomic E-state index is 11.3. The molecule has 1 rings (SSSR count). The third-order valence-electron chi connectivity index (χ3n) is 2.74. The fourth-order valence-electron chi connectivity index (χ4n) is 1.82. The number of hydrogen-bond acceptors (Lipinski definition) is 3. The Morgan fingerprint density at radius 2 is 1.89 bits per heavy atom. The summed E-state index contributed by atoms with van der Waals surface area (Å²) in [6, 6.07) is 3.63. The smallest absolute Gasteiger partial charge is 0.235 e. The molecule has 18 heavy (non-hydrogen) atoms. The lowest BCUT2D eigenvalue weighted by molar-refractivity contribution is -0.119. The number of carbonyl (C=O) groups excluding carboxylic acids is 1. The molecule has 0 aliphatic carbocycles. The third-order valence-corrected chi connectivity index (χ3v) is 2.98. The molecular formula is C13H18ClNO3. The minimum Gasteiger partial charge on any atom is -0.493 e. The molecule has 1 atom stereocenters. The fourth-order valence-corrected chi connectivity index (χ4v) is 1.90. The Kier molecular flexibility index (Phi) is 5.28. The fraction of sp³-hybridized carbons (Fsp3) is 0.462. The van der Waals surface area contributed by atoms with Crippen LogP contribution >= 0.6 is 11.6 Å². The number of aryl methyl sites for hydroxylation is 1. The molecule has 0 saturated heterocycles. The molecule has 1 aromatic carbocycles. The Balaban J connectivity index is 3.05. The van der Waals surface area contributed by atoms with Crippen LogP contribution in [0.4, 0.5) is 0 Å². The van der Waals surface area contributed by atoms with Crippen molar-refractivity contribution >= 4 is 17.5 Å². The number of benzene rings is 1. The Morgan fingerprint density at radius 1 is 1.33 bits per heavy atom.